The second-order valence-electron chi connectivity index (χ2n) is 12.9. The van der Waals surface area contributed by atoms with E-state index in [2.05, 4.69) is 190 Å². The van der Waals surface area contributed by atoms with Gasteiger partial charge < -0.3 is 14.5 Å². The van der Waals surface area contributed by atoms with Gasteiger partial charge in [0.15, 0.2) is 0 Å². The number of allylic oxidation sites excluding steroid dienone is 1. The van der Waals surface area contributed by atoms with Crippen LogP contribution in [-0.4, -0.2) is 15.3 Å². The summed E-state index contributed by atoms with van der Waals surface area (Å²) in [4.78, 5) is 4.93. The minimum atomic E-state index is -0.280. The lowest BCUT2D eigenvalue weighted by atomic mass is 10.0. The number of nitrogens with zero attached hydrogens (tertiary/aromatic N) is 3. The molecule has 0 fully saturated rings. The lowest BCUT2D eigenvalue weighted by Gasteiger charge is -2.24. The van der Waals surface area contributed by atoms with Crippen LogP contribution in [0.5, 0.6) is 0 Å². The van der Waals surface area contributed by atoms with Gasteiger partial charge >= 0.3 is 0 Å². The van der Waals surface area contributed by atoms with Crippen LogP contribution < -0.4 is 5.32 Å². The van der Waals surface area contributed by atoms with Gasteiger partial charge in [0.2, 0.25) is 6.29 Å². The van der Waals surface area contributed by atoms with E-state index in [9.17, 15) is 0 Å². The average Bonchev–Trinajstić information content (AvgIpc) is 3.71. The Morgan fingerprint density at radius 1 is 0.420 bits per heavy atom. The van der Waals surface area contributed by atoms with Crippen molar-refractivity contribution in [2.45, 2.75) is 6.29 Å². The zero-order valence-corrected chi connectivity index (χ0v) is 27.2. The van der Waals surface area contributed by atoms with Gasteiger partial charge in [-0.3, -0.25) is 0 Å². The van der Waals surface area contributed by atoms with Crippen LogP contribution in [0.3, 0.4) is 0 Å². The maximum absolute atomic E-state index is 4.93. The van der Waals surface area contributed by atoms with Gasteiger partial charge in [0.1, 0.15) is 0 Å². The van der Waals surface area contributed by atoms with Gasteiger partial charge in [0.25, 0.3) is 0 Å². The molecule has 236 valence electrons. The van der Waals surface area contributed by atoms with Gasteiger partial charge in [-0.2, -0.15) is 0 Å². The van der Waals surface area contributed by atoms with E-state index >= 15 is 0 Å². The highest BCUT2D eigenvalue weighted by molar-refractivity contribution is 6.12. The maximum atomic E-state index is 4.93. The second kappa shape index (κ2) is 11.5. The molecule has 0 aliphatic carbocycles. The Labute approximate surface area is 289 Å². The molecule has 0 saturated heterocycles. The van der Waals surface area contributed by atoms with Gasteiger partial charge in [-0.1, -0.05) is 121 Å². The van der Waals surface area contributed by atoms with Crippen molar-refractivity contribution >= 4 is 55.5 Å². The largest absolute Gasteiger partial charge is 0.346 e. The first kappa shape index (κ1) is 28.4. The Hall–Kier alpha value is -6.65. The van der Waals surface area contributed by atoms with E-state index < -0.39 is 0 Å². The zero-order chi connectivity index (χ0) is 33.0. The Morgan fingerprint density at radius 3 is 1.66 bits per heavy atom. The summed E-state index contributed by atoms with van der Waals surface area (Å²) >= 11 is 0. The monoisotopic (exact) mass is 640 g/mol. The van der Waals surface area contributed by atoms with Crippen LogP contribution in [0, 0.1) is 0 Å². The van der Waals surface area contributed by atoms with E-state index in [1.54, 1.807) is 0 Å². The van der Waals surface area contributed by atoms with Gasteiger partial charge in [-0.25, -0.2) is 4.99 Å². The molecule has 0 bridgehead atoms. The first-order valence-electron chi connectivity index (χ1n) is 17.1. The van der Waals surface area contributed by atoms with E-state index in [1.807, 2.05) is 6.21 Å². The summed E-state index contributed by atoms with van der Waals surface area (Å²) in [7, 11) is 0. The van der Waals surface area contributed by atoms with Crippen molar-refractivity contribution in [3.8, 4) is 27.9 Å². The Kier molecular flexibility index (Phi) is 6.53. The van der Waals surface area contributed by atoms with Crippen LogP contribution in [-0.2, 0) is 0 Å². The van der Waals surface area contributed by atoms with Crippen molar-refractivity contribution < 1.29 is 0 Å². The van der Waals surface area contributed by atoms with E-state index in [0.717, 1.165) is 22.3 Å². The number of hydrogen-bond donors (Lipinski definition) is 1. The predicted molar refractivity (Wildman–Crippen MR) is 210 cm³/mol. The molecule has 1 atom stereocenters. The Balaban J connectivity index is 1.04. The van der Waals surface area contributed by atoms with Crippen LogP contribution in [0.15, 0.2) is 181 Å². The minimum absolute atomic E-state index is 0.280. The molecule has 0 saturated carbocycles. The molecule has 4 heteroatoms. The summed E-state index contributed by atoms with van der Waals surface area (Å²) in [5.41, 5.74) is 12.9. The Morgan fingerprint density at radius 2 is 0.920 bits per heavy atom. The smallest absolute Gasteiger partial charge is 0.200 e. The molecule has 1 unspecified atom stereocenters. The van der Waals surface area contributed by atoms with Crippen molar-refractivity contribution in [3.63, 3.8) is 0 Å². The van der Waals surface area contributed by atoms with Crippen molar-refractivity contribution in [3.05, 3.63) is 181 Å². The quantitative estimate of drug-likeness (QED) is 0.200. The number of rotatable bonds is 5. The number of para-hydroxylation sites is 3. The zero-order valence-electron chi connectivity index (χ0n) is 27.2. The standard InChI is InChI=1S/C46H32N4/c1-3-11-31(12-4-1)32-19-21-33(22-20-32)41-27-28-47-46(48-41)50-43-18-10-8-16-38(43)40-30-35(24-26-45(40)50)34-23-25-44-39(29-34)37-15-7-9-17-42(37)49(44)36-13-5-2-6-14-36/h1-30,46,48H. The number of hydrogen-bond acceptors (Lipinski definition) is 2. The van der Waals surface area contributed by atoms with Crippen molar-refractivity contribution in [1.82, 2.24) is 14.5 Å². The van der Waals surface area contributed by atoms with Gasteiger partial charge in [-0.05, 0) is 82.4 Å². The lowest BCUT2D eigenvalue weighted by molar-refractivity contribution is 0.510. The number of aliphatic imine (C=N–C) groups is 1. The Bertz CT molecular complexity index is 2770. The fourth-order valence-corrected chi connectivity index (χ4v) is 7.66. The molecule has 3 heterocycles. The molecule has 10 rings (SSSR count). The summed E-state index contributed by atoms with van der Waals surface area (Å²) in [6.07, 6.45) is 3.71. The van der Waals surface area contributed by atoms with E-state index in [1.165, 1.54) is 60.5 Å². The summed E-state index contributed by atoms with van der Waals surface area (Å²) in [6, 6.07) is 61.0. The third-order valence-electron chi connectivity index (χ3n) is 10.0. The van der Waals surface area contributed by atoms with Gasteiger partial charge in [-0.15, -0.1) is 0 Å². The molecule has 7 aromatic carbocycles. The van der Waals surface area contributed by atoms with Crippen LogP contribution in [0.1, 0.15) is 11.9 Å². The van der Waals surface area contributed by atoms with E-state index in [-0.39, 0.29) is 6.29 Å². The van der Waals surface area contributed by atoms with Crippen LogP contribution in [0.4, 0.5) is 0 Å². The van der Waals surface area contributed by atoms with Crippen molar-refractivity contribution in [1.29, 1.82) is 0 Å². The summed E-state index contributed by atoms with van der Waals surface area (Å²) < 4.78 is 4.69. The minimum Gasteiger partial charge on any atom is -0.346 e. The van der Waals surface area contributed by atoms with Gasteiger partial charge in [0, 0.05) is 39.1 Å². The van der Waals surface area contributed by atoms with Crippen molar-refractivity contribution in [2.24, 2.45) is 4.99 Å². The molecule has 2 aromatic heterocycles. The van der Waals surface area contributed by atoms with E-state index in [0.29, 0.717) is 0 Å². The summed E-state index contributed by atoms with van der Waals surface area (Å²) in [5.74, 6) is 0. The van der Waals surface area contributed by atoms with Crippen LogP contribution >= 0.6 is 0 Å². The first-order chi connectivity index (χ1) is 24.8. The highest BCUT2D eigenvalue weighted by Crippen LogP contribution is 2.38. The molecule has 9 aromatic rings. The second-order valence-corrected chi connectivity index (χ2v) is 12.9. The highest BCUT2D eigenvalue weighted by atomic mass is 15.3. The molecule has 1 aliphatic heterocycles. The van der Waals surface area contributed by atoms with Crippen LogP contribution in [0.25, 0.3) is 77.2 Å². The number of fused-ring (bicyclic) bond motifs is 6. The molecule has 4 nitrogen and oxygen atoms in total. The fraction of sp³-hybridized carbons (Fsp3) is 0.0217. The summed E-state index contributed by atoms with van der Waals surface area (Å²) in [5, 5.41) is 8.67. The molecule has 0 amide bonds. The third-order valence-corrected chi connectivity index (χ3v) is 10.0. The van der Waals surface area contributed by atoms with Gasteiger partial charge in [0.05, 0.1) is 22.1 Å². The normalized spacial score (nSPS) is 14.4. The topological polar surface area (TPSA) is 34.2 Å². The highest BCUT2D eigenvalue weighted by Gasteiger charge is 2.21. The predicted octanol–water partition coefficient (Wildman–Crippen LogP) is 11.4. The van der Waals surface area contributed by atoms with E-state index in [4.69, 9.17) is 4.99 Å². The van der Waals surface area contributed by atoms with Crippen LogP contribution in [0.2, 0.25) is 0 Å². The molecule has 1 N–H and O–H groups in total. The fourth-order valence-electron chi connectivity index (χ4n) is 7.66. The number of aromatic nitrogens is 2. The SMILES string of the molecule is C1=NC(n2c3ccccc3c3cc(-c4ccc5c(c4)c4ccccc4n5-c4ccccc4)ccc32)NC(c2ccc(-c3ccccc3)cc2)=C1. The first-order valence-corrected chi connectivity index (χ1v) is 17.1. The van der Waals surface area contributed by atoms with Crippen molar-refractivity contribution in [2.75, 3.05) is 0 Å². The molecule has 50 heavy (non-hydrogen) atoms. The number of nitrogens with one attached hydrogen (secondary N) is 1. The molecule has 0 spiro atoms. The lowest BCUT2D eigenvalue weighted by Crippen LogP contribution is -2.26. The molecule has 1 aliphatic rings. The molecular weight excluding hydrogens is 609 g/mol. The maximum Gasteiger partial charge on any atom is 0.200 e. The number of benzene rings is 7. The summed E-state index contributed by atoms with van der Waals surface area (Å²) in [6.45, 7) is 0. The average molecular weight is 641 g/mol. The third kappa shape index (κ3) is 4.57. The molecular formula is C46H32N4. The molecule has 0 radical (unpaired) electrons.